The van der Waals surface area contributed by atoms with E-state index in [1.165, 1.54) is 11.5 Å². The van der Waals surface area contributed by atoms with Gasteiger partial charge in [0.15, 0.2) is 0 Å². The minimum Gasteiger partial charge on any atom is -0.477 e. The lowest BCUT2D eigenvalue weighted by atomic mass is 10.0. The summed E-state index contributed by atoms with van der Waals surface area (Å²) in [6.45, 7) is 2.50. The van der Waals surface area contributed by atoms with Crippen LogP contribution in [0.3, 0.4) is 0 Å². The van der Waals surface area contributed by atoms with Crippen LogP contribution >= 0.6 is 0 Å². The molecule has 0 spiro atoms. The number of fused-ring (bicyclic) bond motifs is 1. The van der Waals surface area contributed by atoms with Crippen LogP contribution in [0.2, 0.25) is 0 Å². The SMILES string of the molecule is Cc1c(C(=O)C(=O)N[C@H](C)C(F)(F)F)c2n(c1C(=O)O)CCC2. The van der Waals surface area contributed by atoms with Gasteiger partial charge in [0.1, 0.15) is 11.7 Å². The molecule has 0 aliphatic carbocycles. The molecule has 1 aliphatic rings. The summed E-state index contributed by atoms with van der Waals surface area (Å²) in [5.41, 5.74) is 0.288. The molecule has 0 aromatic carbocycles. The molecule has 0 bridgehead atoms. The van der Waals surface area contributed by atoms with E-state index in [0.717, 1.165) is 6.92 Å². The number of carbonyl (C=O) groups excluding carboxylic acids is 2. The molecule has 1 amide bonds. The summed E-state index contributed by atoms with van der Waals surface area (Å²) < 4.78 is 38.9. The standard InChI is InChI=1S/C14H15F3N2O4/c1-6-9(8-4-3-5-19(8)10(6)13(22)23)11(20)12(21)18-7(2)14(15,16)17/h7H,3-5H2,1-2H3,(H,18,21)(H,22,23)/t7-/m1/s1. The molecule has 1 aromatic rings. The van der Waals surface area contributed by atoms with E-state index in [0.29, 0.717) is 25.1 Å². The fraction of sp³-hybridized carbons (Fsp3) is 0.500. The van der Waals surface area contributed by atoms with E-state index in [9.17, 15) is 32.7 Å². The summed E-state index contributed by atoms with van der Waals surface area (Å²) >= 11 is 0. The van der Waals surface area contributed by atoms with Gasteiger partial charge in [-0.2, -0.15) is 13.2 Å². The molecule has 9 heteroatoms. The number of nitrogens with zero attached hydrogens (tertiary/aromatic N) is 1. The van der Waals surface area contributed by atoms with Crippen LogP contribution in [0.25, 0.3) is 0 Å². The average Bonchev–Trinajstić information content (AvgIpc) is 2.95. The molecule has 0 fully saturated rings. The summed E-state index contributed by atoms with van der Waals surface area (Å²) in [6, 6.07) is -2.17. The zero-order valence-corrected chi connectivity index (χ0v) is 12.5. The van der Waals surface area contributed by atoms with Gasteiger partial charge in [-0.25, -0.2) is 4.79 Å². The van der Waals surface area contributed by atoms with E-state index < -0.39 is 29.9 Å². The van der Waals surface area contributed by atoms with Crippen LogP contribution in [-0.2, 0) is 17.8 Å². The summed E-state index contributed by atoms with van der Waals surface area (Å²) in [7, 11) is 0. The van der Waals surface area contributed by atoms with Gasteiger partial charge in [0, 0.05) is 12.2 Å². The summed E-state index contributed by atoms with van der Waals surface area (Å²) in [4.78, 5) is 35.4. The Morgan fingerprint density at radius 1 is 1.30 bits per heavy atom. The number of Topliss-reactive ketones (excluding diaryl/α,β-unsaturated/α-hetero) is 1. The van der Waals surface area contributed by atoms with Crippen molar-refractivity contribution in [2.45, 2.75) is 45.5 Å². The first-order valence-corrected chi connectivity index (χ1v) is 6.92. The van der Waals surface area contributed by atoms with Crippen LogP contribution in [0, 0.1) is 6.92 Å². The summed E-state index contributed by atoms with van der Waals surface area (Å²) in [5, 5.41) is 10.8. The van der Waals surface area contributed by atoms with Crippen molar-refractivity contribution in [3.63, 3.8) is 0 Å². The normalized spacial score (nSPS) is 15.2. The van der Waals surface area contributed by atoms with Gasteiger partial charge in [-0.3, -0.25) is 9.59 Å². The van der Waals surface area contributed by atoms with Gasteiger partial charge in [0.05, 0.1) is 5.56 Å². The molecule has 0 unspecified atom stereocenters. The molecular weight excluding hydrogens is 317 g/mol. The highest BCUT2D eigenvalue weighted by atomic mass is 19.4. The number of halogens is 3. The Labute approximate surface area is 129 Å². The number of hydrogen-bond donors (Lipinski definition) is 2. The predicted octanol–water partition coefficient (Wildman–Crippen LogP) is 1.69. The first kappa shape index (κ1) is 17.0. The number of aromatic nitrogens is 1. The second kappa shape index (κ2) is 5.71. The van der Waals surface area contributed by atoms with Crippen molar-refractivity contribution in [1.82, 2.24) is 9.88 Å². The molecular formula is C14H15F3N2O4. The number of carboxylic acids is 1. The van der Waals surface area contributed by atoms with Crippen LogP contribution in [0.4, 0.5) is 13.2 Å². The Balaban J connectivity index is 2.36. The first-order chi connectivity index (χ1) is 10.6. The van der Waals surface area contributed by atoms with Crippen molar-refractivity contribution < 1.29 is 32.7 Å². The molecule has 0 saturated carbocycles. The van der Waals surface area contributed by atoms with E-state index in [-0.39, 0.29) is 16.8 Å². The maximum Gasteiger partial charge on any atom is 0.408 e. The lowest BCUT2D eigenvalue weighted by Gasteiger charge is -2.16. The fourth-order valence-electron chi connectivity index (χ4n) is 2.75. The topological polar surface area (TPSA) is 88.4 Å². The van der Waals surface area contributed by atoms with Gasteiger partial charge in [-0.15, -0.1) is 0 Å². The largest absolute Gasteiger partial charge is 0.477 e. The molecule has 1 atom stereocenters. The third-order valence-corrected chi connectivity index (χ3v) is 3.88. The van der Waals surface area contributed by atoms with Crippen LogP contribution in [-0.4, -0.2) is 39.6 Å². The highest BCUT2D eigenvalue weighted by Gasteiger charge is 2.39. The monoisotopic (exact) mass is 332 g/mol. The Bertz CT molecular complexity index is 691. The van der Waals surface area contributed by atoms with Crippen molar-refractivity contribution in [2.24, 2.45) is 0 Å². The third kappa shape index (κ3) is 2.95. The molecule has 126 valence electrons. The Morgan fingerprint density at radius 3 is 2.43 bits per heavy atom. The number of nitrogens with one attached hydrogen (secondary N) is 1. The Hall–Kier alpha value is -2.32. The van der Waals surface area contributed by atoms with Crippen molar-refractivity contribution in [3.05, 3.63) is 22.5 Å². The molecule has 0 saturated heterocycles. The Morgan fingerprint density at radius 2 is 1.91 bits per heavy atom. The second-order valence-corrected chi connectivity index (χ2v) is 5.42. The van der Waals surface area contributed by atoms with Gasteiger partial charge in [0.25, 0.3) is 11.7 Å². The minimum atomic E-state index is -4.67. The zero-order valence-electron chi connectivity index (χ0n) is 12.5. The number of hydrogen-bond acceptors (Lipinski definition) is 3. The van der Waals surface area contributed by atoms with Crippen molar-refractivity contribution in [2.75, 3.05) is 0 Å². The van der Waals surface area contributed by atoms with Crippen molar-refractivity contribution >= 4 is 17.7 Å². The van der Waals surface area contributed by atoms with Crippen LogP contribution in [0.15, 0.2) is 0 Å². The third-order valence-electron chi connectivity index (χ3n) is 3.88. The average molecular weight is 332 g/mol. The van der Waals surface area contributed by atoms with Gasteiger partial charge in [-0.05, 0) is 32.3 Å². The molecule has 0 radical (unpaired) electrons. The number of aromatic carboxylic acids is 1. The number of ketones is 1. The Kier molecular flexibility index (Phi) is 4.23. The van der Waals surface area contributed by atoms with E-state index in [4.69, 9.17) is 0 Å². The number of carbonyl (C=O) groups is 3. The highest BCUT2D eigenvalue weighted by molar-refractivity contribution is 6.43. The predicted molar refractivity (Wildman–Crippen MR) is 72.4 cm³/mol. The van der Waals surface area contributed by atoms with Crippen LogP contribution in [0.5, 0.6) is 0 Å². The van der Waals surface area contributed by atoms with E-state index >= 15 is 0 Å². The first-order valence-electron chi connectivity index (χ1n) is 6.92. The van der Waals surface area contributed by atoms with Crippen LogP contribution < -0.4 is 5.32 Å². The van der Waals surface area contributed by atoms with E-state index in [1.807, 2.05) is 0 Å². The zero-order chi connectivity index (χ0) is 17.5. The van der Waals surface area contributed by atoms with Gasteiger partial charge < -0.3 is 15.0 Å². The van der Waals surface area contributed by atoms with Crippen molar-refractivity contribution in [3.8, 4) is 0 Å². The van der Waals surface area contributed by atoms with Crippen molar-refractivity contribution in [1.29, 1.82) is 0 Å². The molecule has 6 nitrogen and oxygen atoms in total. The molecule has 2 rings (SSSR count). The molecule has 2 N–H and O–H groups in total. The van der Waals surface area contributed by atoms with Gasteiger partial charge in [-0.1, -0.05) is 0 Å². The van der Waals surface area contributed by atoms with E-state index in [2.05, 4.69) is 0 Å². The molecule has 1 aromatic heterocycles. The van der Waals surface area contributed by atoms with Gasteiger partial charge in [0.2, 0.25) is 0 Å². The maximum absolute atomic E-state index is 12.5. The fourth-order valence-corrected chi connectivity index (χ4v) is 2.75. The molecule has 23 heavy (non-hydrogen) atoms. The molecule has 2 heterocycles. The lowest BCUT2D eigenvalue weighted by Crippen LogP contribution is -2.46. The number of carboxylic acid groups (broad SMARTS) is 1. The highest BCUT2D eigenvalue weighted by Crippen LogP contribution is 2.29. The number of rotatable bonds is 4. The maximum atomic E-state index is 12.5. The van der Waals surface area contributed by atoms with Gasteiger partial charge >= 0.3 is 12.1 Å². The van der Waals surface area contributed by atoms with E-state index in [1.54, 1.807) is 5.32 Å². The minimum absolute atomic E-state index is 0.0995. The summed E-state index contributed by atoms with van der Waals surface area (Å²) in [5.74, 6) is -3.78. The van der Waals surface area contributed by atoms with Crippen LogP contribution in [0.1, 0.15) is 45.4 Å². The number of amides is 1. The lowest BCUT2D eigenvalue weighted by molar-refractivity contribution is -0.156. The summed E-state index contributed by atoms with van der Waals surface area (Å²) in [6.07, 6.45) is -3.66. The number of alkyl halides is 3. The second-order valence-electron chi connectivity index (χ2n) is 5.42. The molecule has 1 aliphatic heterocycles. The smallest absolute Gasteiger partial charge is 0.408 e. The quantitative estimate of drug-likeness (QED) is 0.649.